The Morgan fingerprint density at radius 3 is 1.25 bits per heavy atom. The van der Waals surface area contributed by atoms with E-state index in [1.54, 1.807) is 0 Å². The third kappa shape index (κ3) is 6.43. The van der Waals surface area contributed by atoms with Gasteiger partial charge in [-0.05, 0) is 17.3 Å². The molecule has 0 rings (SSSR count). The van der Waals surface area contributed by atoms with Crippen molar-refractivity contribution in [3.63, 3.8) is 0 Å². The zero-order valence-corrected chi connectivity index (χ0v) is 11.2. The van der Waals surface area contributed by atoms with Crippen LogP contribution >= 0.6 is 0 Å². The Kier molecular flexibility index (Phi) is 9.12. The summed E-state index contributed by atoms with van der Waals surface area (Å²) in [6.07, 6.45) is 0.126. The van der Waals surface area contributed by atoms with Gasteiger partial charge in [-0.15, -0.1) is 0 Å². The van der Waals surface area contributed by atoms with E-state index in [2.05, 4.69) is 0 Å². The predicted octanol–water partition coefficient (Wildman–Crippen LogP) is 0.773. The smallest absolute Gasteiger partial charge is 0.0768 e. The van der Waals surface area contributed by atoms with Gasteiger partial charge in [0.25, 0.3) is 0 Å². The lowest BCUT2D eigenvalue weighted by molar-refractivity contribution is -0.00563. The van der Waals surface area contributed by atoms with Gasteiger partial charge in [0.2, 0.25) is 0 Å². The highest BCUT2D eigenvalue weighted by Gasteiger charge is 2.35. The molecule has 0 aromatic heterocycles. The number of hydrogen-bond acceptors (Lipinski definition) is 4. The van der Waals surface area contributed by atoms with Crippen molar-refractivity contribution in [2.24, 2.45) is 10.8 Å². The second kappa shape index (κ2) is 8.01. The lowest BCUT2D eigenvalue weighted by Crippen LogP contribution is -2.38. The fraction of sp³-hybridized carbons (Fsp3) is 1.00. The summed E-state index contributed by atoms with van der Waals surface area (Å²) in [4.78, 5) is 0. The lowest BCUT2D eigenvalue weighted by atomic mass is 9.69. The predicted molar refractivity (Wildman–Crippen MR) is 65.1 cm³/mol. The topological polar surface area (TPSA) is 80.9 Å². The van der Waals surface area contributed by atoms with E-state index in [1.807, 2.05) is 34.6 Å². The Hall–Kier alpha value is -0.160. The largest absolute Gasteiger partial charge is 0.396 e. The lowest BCUT2D eigenvalue weighted by Gasteiger charge is -2.38. The number of rotatable bonds is 5. The molecule has 0 fully saturated rings. The van der Waals surface area contributed by atoms with Gasteiger partial charge >= 0.3 is 0 Å². The summed E-state index contributed by atoms with van der Waals surface area (Å²) in [5.41, 5.74) is -0.413. The minimum atomic E-state index is -0.509. The van der Waals surface area contributed by atoms with E-state index in [1.165, 1.54) is 0 Å². The van der Waals surface area contributed by atoms with Crippen molar-refractivity contribution in [1.82, 2.24) is 0 Å². The molecule has 0 radical (unpaired) electrons. The van der Waals surface area contributed by atoms with Crippen molar-refractivity contribution in [2.75, 3.05) is 19.8 Å². The van der Waals surface area contributed by atoms with Gasteiger partial charge in [0.15, 0.2) is 0 Å². The Labute approximate surface area is 98.9 Å². The second-order valence-electron chi connectivity index (χ2n) is 5.33. The summed E-state index contributed by atoms with van der Waals surface area (Å²) in [5, 5.41) is 34.4. The summed E-state index contributed by atoms with van der Waals surface area (Å²) in [5.74, 6) is 0. The third-order valence-electron chi connectivity index (χ3n) is 3.30. The molecular weight excluding hydrogens is 208 g/mol. The van der Waals surface area contributed by atoms with Crippen molar-refractivity contribution in [3.05, 3.63) is 0 Å². The summed E-state index contributed by atoms with van der Waals surface area (Å²) < 4.78 is 0. The highest BCUT2D eigenvalue weighted by molar-refractivity contribution is 4.84. The Morgan fingerprint density at radius 2 is 1.19 bits per heavy atom. The molecule has 1 atom stereocenters. The monoisotopic (exact) mass is 236 g/mol. The second-order valence-corrected chi connectivity index (χ2v) is 5.33. The highest BCUT2D eigenvalue weighted by Crippen LogP contribution is 2.36. The Bertz CT molecular complexity index is 148. The number of hydrogen-bond donors (Lipinski definition) is 4. The molecule has 100 valence electrons. The molecule has 0 saturated heterocycles. The summed E-state index contributed by atoms with van der Waals surface area (Å²) in [7, 11) is 0. The van der Waals surface area contributed by atoms with E-state index in [4.69, 9.17) is 20.4 Å². The molecule has 0 aromatic carbocycles. The molecule has 0 spiro atoms. The first kappa shape index (κ1) is 18.2. The summed E-state index contributed by atoms with van der Waals surface area (Å²) in [6, 6.07) is 0. The average molecular weight is 236 g/mol. The first-order valence-corrected chi connectivity index (χ1v) is 5.69. The van der Waals surface area contributed by atoms with E-state index in [-0.39, 0.29) is 30.7 Å². The normalized spacial score (nSPS) is 14.1. The zero-order valence-electron chi connectivity index (χ0n) is 11.2. The van der Waals surface area contributed by atoms with Crippen molar-refractivity contribution >= 4 is 0 Å². The van der Waals surface area contributed by atoms with Crippen LogP contribution in [0.5, 0.6) is 0 Å². The van der Waals surface area contributed by atoms with Crippen LogP contribution < -0.4 is 0 Å². The summed E-state index contributed by atoms with van der Waals surface area (Å²) >= 11 is 0. The molecule has 16 heavy (non-hydrogen) atoms. The molecule has 1 unspecified atom stereocenters. The third-order valence-corrected chi connectivity index (χ3v) is 3.30. The van der Waals surface area contributed by atoms with Gasteiger partial charge in [-0.1, -0.05) is 34.6 Å². The van der Waals surface area contributed by atoms with Crippen molar-refractivity contribution in [2.45, 2.75) is 47.1 Å². The maximum atomic E-state index is 8.95. The van der Waals surface area contributed by atoms with Crippen LogP contribution in [0.25, 0.3) is 0 Å². The van der Waals surface area contributed by atoms with Crippen LogP contribution in [0.2, 0.25) is 0 Å². The van der Waals surface area contributed by atoms with Crippen molar-refractivity contribution in [1.29, 1.82) is 0 Å². The van der Waals surface area contributed by atoms with Gasteiger partial charge in [0.05, 0.1) is 12.7 Å². The van der Waals surface area contributed by atoms with Gasteiger partial charge in [0, 0.05) is 13.2 Å². The van der Waals surface area contributed by atoms with E-state index in [9.17, 15) is 0 Å². The number of aliphatic hydroxyl groups excluding tert-OH is 4. The first-order valence-electron chi connectivity index (χ1n) is 5.69. The fourth-order valence-corrected chi connectivity index (χ4v) is 0.557. The van der Waals surface area contributed by atoms with Crippen LogP contribution in [0.1, 0.15) is 41.0 Å². The molecule has 0 saturated carbocycles. The van der Waals surface area contributed by atoms with E-state index in [0.29, 0.717) is 6.42 Å². The van der Waals surface area contributed by atoms with Crippen LogP contribution in [0.15, 0.2) is 0 Å². The summed E-state index contributed by atoms with van der Waals surface area (Å²) in [6.45, 7) is 9.72. The van der Waals surface area contributed by atoms with Crippen molar-refractivity contribution in [3.8, 4) is 0 Å². The van der Waals surface area contributed by atoms with Gasteiger partial charge in [0.1, 0.15) is 0 Å². The SMILES string of the molecule is CC(C)(CO)C(C)(C)CO.CCC(O)CO. The van der Waals surface area contributed by atoms with Crippen LogP contribution in [0, 0.1) is 10.8 Å². The van der Waals surface area contributed by atoms with Gasteiger partial charge < -0.3 is 20.4 Å². The molecule has 0 heterocycles. The molecule has 0 aliphatic rings. The maximum Gasteiger partial charge on any atom is 0.0768 e. The van der Waals surface area contributed by atoms with E-state index >= 15 is 0 Å². The zero-order chi connectivity index (χ0) is 13.4. The quantitative estimate of drug-likeness (QED) is 0.568. The molecule has 4 nitrogen and oxygen atoms in total. The van der Waals surface area contributed by atoms with Gasteiger partial charge in [-0.25, -0.2) is 0 Å². The van der Waals surface area contributed by atoms with E-state index in [0.717, 1.165) is 0 Å². The van der Waals surface area contributed by atoms with Crippen molar-refractivity contribution < 1.29 is 20.4 Å². The van der Waals surface area contributed by atoms with Gasteiger partial charge in [-0.3, -0.25) is 0 Å². The standard InChI is InChI=1S/C8H18O2.C4H10O2/c1-7(2,5-9)8(3,4)6-10;1-2-4(6)3-5/h9-10H,5-6H2,1-4H3;4-6H,2-3H2,1H3. The Morgan fingerprint density at radius 1 is 0.875 bits per heavy atom. The number of aliphatic hydroxyl groups is 4. The minimum Gasteiger partial charge on any atom is -0.396 e. The molecule has 0 bridgehead atoms. The Balaban J connectivity index is 0. The first-order chi connectivity index (χ1) is 7.18. The van der Waals surface area contributed by atoms with Gasteiger partial charge in [-0.2, -0.15) is 0 Å². The van der Waals surface area contributed by atoms with Crippen LogP contribution in [-0.2, 0) is 0 Å². The minimum absolute atomic E-state index is 0.112. The molecule has 0 aliphatic heterocycles. The molecule has 0 aromatic rings. The molecule has 4 N–H and O–H groups in total. The maximum absolute atomic E-state index is 8.95. The van der Waals surface area contributed by atoms with E-state index < -0.39 is 6.10 Å². The van der Waals surface area contributed by atoms with Crippen LogP contribution in [-0.4, -0.2) is 46.4 Å². The molecule has 4 heteroatoms. The average Bonchev–Trinajstić information content (AvgIpc) is 2.28. The molecule has 0 aliphatic carbocycles. The highest BCUT2D eigenvalue weighted by atomic mass is 16.3. The van der Waals surface area contributed by atoms with Crippen LogP contribution in [0.4, 0.5) is 0 Å². The van der Waals surface area contributed by atoms with Crippen LogP contribution in [0.3, 0.4) is 0 Å². The molecule has 0 amide bonds. The molecular formula is C12H28O4. The fourth-order valence-electron chi connectivity index (χ4n) is 0.557.